The minimum absolute atomic E-state index is 0.117. The number of aromatic nitrogens is 1. The van der Waals surface area contributed by atoms with Crippen LogP contribution in [-0.4, -0.2) is 23.5 Å². The first kappa shape index (κ1) is 12.5. The third-order valence-corrected chi connectivity index (χ3v) is 2.36. The first-order valence-corrected chi connectivity index (χ1v) is 5.68. The lowest BCUT2D eigenvalue weighted by Crippen LogP contribution is -2.32. The van der Waals surface area contributed by atoms with Gasteiger partial charge in [-0.15, -0.1) is 0 Å². The van der Waals surface area contributed by atoms with Crippen LogP contribution in [0.5, 0.6) is 0 Å². The SMILES string of the molecule is CCNc1ccnc(C(=O)NC(C)CC)c1. The van der Waals surface area contributed by atoms with E-state index in [2.05, 4.69) is 15.6 Å². The Morgan fingerprint density at radius 2 is 2.25 bits per heavy atom. The molecule has 0 spiro atoms. The Morgan fingerprint density at radius 1 is 1.50 bits per heavy atom. The Hall–Kier alpha value is -1.58. The molecule has 0 bridgehead atoms. The van der Waals surface area contributed by atoms with E-state index in [1.54, 1.807) is 12.3 Å². The van der Waals surface area contributed by atoms with Gasteiger partial charge in [-0.3, -0.25) is 9.78 Å². The van der Waals surface area contributed by atoms with Gasteiger partial charge in [0.25, 0.3) is 5.91 Å². The number of anilines is 1. The number of carbonyl (C=O) groups is 1. The van der Waals surface area contributed by atoms with Crippen molar-refractivity contribution in [2.45, 2.75) is 33.2 Å². The molecule has 1 heterocycles. The zero-order valence-electron chi connectivity index (χ0n) is 10.1. The number of hydrogen-bond donors (Lipinski definition) is 2. The number of hydrogen-bond acceptors (Lipinski definition) is 3. The Labute approximate surface area is 96.5 Å². The Bertz CT molecular complexity index is 352. The molecule has 1 amide bonds. The van der Waals surface area contributed by atoms with Crippen LogP contribution in [0.1, 0.15) is 37.7 Å². The Morgan fingerprint density at radius 3 is 2.88 bits per heavy atom. The van der Waals surface area contributed by atoms with Gasteiger partial charge in [0.05, 0.1) is 0 Å². The average molecular weight is 221 g/mol. The van der Waals surface area contributed by atoms with Crippen molar-refractivity contribution in [1.29, 1.82) is 0 Å². The Balaban J connectivity index is 2.71. The molecule has 2 N–H and O–H groups in total. The third kappa shape index (κ3) is 3.53. The second-order valence-electron chi connectivity index (χ2n) is 3.74. The topological polar surface area (TPSA) is 54.0 Å². The summed E-state index contributed by atoms with van der Waals surface area (Å²) >= 11 is 0. The summed E-state index contributed by atoms with van der Waals surface area (Å²) in [6.07, 6.45) is 2.56. The molecule has 0 aliphatic rings. The number of rotatable bonds is 5. The fraction of sp³-hybridized carbons (Fsp3) is 0.500. The quantitative estimate of drug-likeness (QED) is 0.800. The molecule has 1 unspecified atom stereocenters. The van der Waals surface area contributed by atoms with E-state index in [1.807, 2.05) is 26.8 Å². The van der Waals surface area contributed by atoms with E-state index in [-0.39, 0.29) is 11.9 Å². The molecule has 0 aliphatic carbocycles. The summed E-state index contributed by atoms with van der Waals surface area (Å²) < 4.78 is 0. The van der Waals surface area contributed by atoms with Gasteiger partial charge in [0, 0.05) is 24.5 Å². The highest BCUT2D eigenvalue weighted by atomic mass is 16.1. The molecular weight excluding hydrogens is 202 g/mol. The first-order valence-electron chi connectivity index (χ1n) is 5.68. The molecule has 0 radical (unpaired) electrons. The Kier molecular flexibility index (Phi) is 4.76. The smallest absolute Gasteiger partial charge is 0.270 e. The second kappa shape index (κ2) is 6.10. The summed E-state index contributed by atoms with van der Waals surface area (Å²) in [7, 11) is 0. The first-order chi connectivity index (χ1) is 7.67. The van der Waals surface area contributed by atoms with E-state index in [9.17, 15) is 4.79 Å². The van der Waals surface area contributed by atoms with E-state index in [4.69, 9.17) is 0 Å². The van der Waals surface area contributed by atoms with Crippen molar-refractivity contribution in [3.8, 4) is 0 Å². The average Bonchev–Trinajstić information content (AvgIpc) is 2.29. The molecule has 16 heavy (non-hydrogen) atoms. The summed E-state index contributed by atoms with van der Waals surface area (Å²) in [6, 6.07) is 3.79. The van der Waals surface area contributed by atoms with Crippen molar-refractivity contribution in [2.24, 2.45) is 0 Å². The maximum atomic E-state index is 11.8. The predicted molar refractivity (Wildman–Crippen MR) is 65.6 cm³/mol. The van der Waals surface area contributed by atoms with Crippen LogP contribution >= 0.6 is 0 Å². The standard InChI is InChI=1S/C12H19N3O/c1-4-9(3)15-12(16)11-8-10(13-5-2)6-7-14-11/h6-9H,4-5H2,1-3H3,(H,13,14)(H,15,16). The van der Waals surface area contributed by atoms with Gasteiger partial charge >= 0.3 is 0 Å². The molecule has 88 valence electrons. The molecule has 0 aromatic carbocycles. The van der Waals surface area contributed by atoms with Crippen molar-refractivity contribution in [3.05, 3.63) is 24.0 Å². The van der Waals surface area contributed by atoms with E-state index in [0.29, 0.717) is 5.69 Å². The number of nitrogens with one attached hydrogen (secondary N) is 2. The fourth-order valence-electron chi connectivity index (χ4n) is 1.27. The fourth-order valence-corrected chi connectivity index (χ4v) is 1.27. The van der Waals surface area contributed by atoms with Crippen LogP contribution in [0.25, 0.3) is 0 Å². The lowest BCUT2D eigenvalue weighted by Gasteiger charge is -2.11. The van der Waals surface area contributed by atoms with Gasteiger partial charge in [0.1, 0.15) is 5.69 Å². The van der Waals surface area contributed by atoms with Crippen molar-refractivity contribution in [2.75, 3.05) is 11.9 Å². The number of pyridine rings is 1. The normalized spacial score (nSPS) is 11.9. The van der Waals surface area contributed by atoms with Gasteiger partial charge in [-0.05, 0) is 32.4 Å². The molecule has 0 saturated carbocycles. The van der Waals surface area contributed by atoms with Crippen LogP contribution in [0.15, 0.2) is 18.3 Å². The maximum absolute atomic E-state index is 11.8. The molecule has 0 fully saturated rings. The minimum atomic E-state index is -0.117. The van der Waals surface area contributed by atoms with Crippen LogP contribution < -0.4 is 10.6 Å². The number of carbonyl (C=O) groups excluding carboxylic acids is 1. The lowest BCUT2D eigenvalue weighted by atomic mass is 10.2. The third-order valence-electron chi connectivity index (χ3n) is 2.36. The maximum Gasteiger partial charge on any atom is 0.270 e. The van der Waals surface area contributed by atoms with Gasteiger partial charge in [-0.2, -0.15) is 0 Å². The molecule has 1 aromatic rings. The van der Waals surface area contributed by atoms with Crippen LogP contribution in [0.4, 0.5) is 5.69 Å². The molecule has 0 saturated heterocycles. The molecule has 0 aliphatic heterocycles. The molecule has 1 atom stereocenters. The van der Waals surface area contributed by atoms with E-state index >= 15 is 0 Å². The van der Waals surface area contributed by atoms with Crippen molar-refractivity contribution in [3.63, 3.8) is 0 Å². The summed E-state index contributed by atoms with van der Waals surface area (Å²) in [5.74, 6) is -0.117. The largest absolute Gasteiger partial charge is 0.385 e. The van der Waals surface area contributed by atoms with E-state index in [0.717, 1.165) is 18.7 Å². The highest BCUT2D eigenvalue weighted by molar-refractivity contribution is 5.93. The van der Waals surface area contributed by atoms with Gasteiger partial charge in [-0.25, -0.2) is 0 Å². The number of nitrogens with zero attached hydrogens (tertiary/aromatic N) is 1. The highest BCUT2D eigenvalue weighted by Crippen LogP contribution is 2.07. The molecular formula is C12H19N3O. The molecule has 4 nitrogen and oxygen atoms in total. The summed E-state index contributed by atoms with van der Waals surface area (Å²) in [4.78, 5) is 15.8. The highest BCUT2D eigenvalue weighted by Gasteiger charge is 2.09. The second-order valence-corrected chi connectivity index (χ2v) is 3.74. The number of amides is 1. The summed E-state index contributed by atoms with van der Waals surface area (Å²) in [5, 5.41) is 6.04. The van der Waals surface area contributed by atoms with Crippen LogP contribution in [0, 0.1) is 0 Å². The zero-order valence-corrected chi connectivity index (χ0v) is 10.1. The minimum Gasteiger partial charge on any atom is -0.385 e. The van der Waals surface area contributed by atoms with Gasteiger partial charge in [-0.1, -0.05) is 6.92 Å². The van der Waals surface area contributed by atoms with Crippen LogP contribution in [0.3, 0.4) is 0 Å². The molecule has 1 aromatic heterocycles. The van der Waals surface area contributed by atoms with Gasteiger partial charge < -0.3 is 10.6 Å². The van der Waals surface area contributed by atoms with Gasteiger partial charge in [0.15, 0.2) is 0 Å². The lowest BCUT2D eigenvalue weighted by molar-refractivity contribution is 0.0934. The molecule has 4 heteroatoms. The zero-order chi connectivity index (χ0) is 12.0. The predicted octanol–water partition coefficient (Wildman–Crippen LogP) is 2.04. The van der Waals surface area contributed by atoms with Crippen LogP contribution in [-0.2, 0) is 0 Å². The summed E-state index contributed by atoms with van der Waals surface area (Å²) in [5.41, 5.74) is 1.38. The van der Waals surface area contributed by atoms with E-state index < -0.39 is 0 Å². The van der Waals surface area contributed by atoms with Gasteiger partial charge in [0.2, 0.25) is 0 Å². The van der Waals surface area contributed by atoms with Crippen molar-refractivity contribution in [1.82, 2.24) is 10.3 Å². The summed E-state index contributed by atoms with van der Waals surface area (Å²) in [6.45, 7) is 6.86. The van der Waals surface area contributed by atoms with Crippen LogP contribution in [0.2, 0.25) is 0 Å². The monoisotopic (exact) mass is 221 g/mol. The van der Waals surface area contributed by atoms with Crippen molar-refractivity contribution >= 4 is 11.6 Å². The molecule has 1 rings (SSSR count). The van der Waals surface area contributed by atoms with E-state index in [1.165, 1.54) is 0 Å². The van der Waals surface area contributed by atoms with Crippen molar-refractivity contribution < 1.29 is 4.79 Å².